The molecule has 1 rings (SSSR count). The average molecular weight is 244 g/mol. The minimum Gasteiger partial charge on any atom is -0.396 e. The third-order valence-corrected chi connectivity index (χ3v) is 4.02. The second kappa shape index (κ2) is 5.81. The molecule has 0 aliphatic rings. The molecule has 0 radical (unpaired) electrons. The van der Waals surface area contributed by atoms with Crippen LogP contribution in [0, 0.1) is 0 Å². The molecule has 0 aliphatic carbocycles. The van der Waals surface area contributed by atoms with Crippen molar-refractivity contribution in [3.63, 3.8) is 0 Å². The summed E-state index contributed by atoms with van der Waals surface area (Å²) in [6, 6.07) is 1.43. The van der Waals surface area contributed by atoms with Gasteiger partial charge < -0.3 is 10.5 Å². The normalized spacial score (nSPS) is 11.6. The fourth-order valence-electron chi connectivity index (χ4n) is 1.33. The Morgan fingerprint density at radius 1 is 1.44 bits per heavy atom. The van der Waals surface area contributed by atoms with E-state index in [1.54, 1.807) is 7.11 Å². The summed E-state index contributed by atoms with van der Waals surface area (Å²) in [5.41, 5.74) is 5.77. The van der Waals surface area contributed by atoms with Gasteiger partial charge in [-0.2, -0.15) is 0 Å². The molecule has 0 bridgehead atoms. The van der Waals surface area contributed by atoms with Crippen molar-refractivity contribution in [2.75, 3.05) is 25.2 Å². The van der Waals surface area contributed by atoms with Gasteiger partial charge in [-0.05, 0) is 18.9 Å². The minimum atomic E-state index is -3.29. The van der Waals surface area contributed by atoms with Gasteiger partial charge in [-0.25, -0.2) is 8.42 Å². The molecule has 0 unspecified atom stereocenters. The highest BCUT2D eigenvalue weighted by Crippen LogP contribution is 2.18. The topological polar surface area (TPSA) is 82.3 Å². The van der Waals surface area contributed by atoms with Crippen LogP contribution in [0.4, 0.5) is 5.69 Å². The summed E-state index contributed by atoms with van der Waals surface area (Å²) in [6.07, 6.45) is 4.07. The van der Waals surface area contributed by atoms with Crippen LogP contribution in [-0.2, 0) is 14.6 Å². The Bertz CT molecular complexity index is 431. The van der Waals surface area contributed by atoms with E-state index in [1.165, 1.54) is 18.5 Å². The second-order valence-electron chi connectivity index (χ2n) is 3.43. The highest BCUT2D eigenvalue weighted by Gasteiger charge is 2.16. The molecular formula is C10H16N2O3S. The number of nitrogens with two attached hydrogens (primary N) is 1. The smallest absolute Gasteiger partial charge is 0.180 e. The summed E-state index contributed by atoms with van der Waals surface area (Å²) in [5, 5.41) is 0. The summed E-state index contributed by atoms with van der Waals surface area (Å²) in [4.78, 5) is 3.93. The highest BCUT2D eigenvalue weighted by molar-refractivity contribution is 7.91. The Morgan fingerprint density at radius 2 is 2.19 bits per heavy atom. The van der Waals surface area contributed by atoms with E-state index in [-0.39, 0.29) is 16.3 Å². The Labute approximate surface area is 95.6 Å². The predicted molar refractivity (Wildman–Crippen MR) is 61.8 cm³/mol. The first-order chi connectivity index (χ1) is 7.58. The van der Waals surface area contributed by atoms with Gasteiger partial charge >= 0.3 is 0 Å². The fraction of sp³-hybridized carbons (Fsp3) is 0.500. The number of aromatic nitrogens is 1. The Morgan fingerprint density at radius 3 is 2.81 bits per heavy atom. The standard InChI is InChI=1S/C10H16N2O3S/c1-15-6-2-3-7-16(13,14)10-4-5-12-8-9(10)11/h4-5,8H,2-3,6-7,11H2,1H3. The zero-order chi connectivity index (χ0) is 12.0. The number of nitrogen functional groups attached to an aromatic ring is 1. The lowest BCUT2D eigenvalue weighted by molar-refractivity contribution is 0.194. The summed E-state index contributed by atoms with van der Waals surface area (Å²) < 4.78 is 28.6. The number of ether oxygens (including phenoxy) is 1. The second-order valence-corrected chi connectivity index (χ2v) is 5.51. The zero-order valence-corrected chi connectivity index (χ0v) is 10.0. The molecule has 0 amide bonds. The molecule has 90 valence electrons. The van der Waals surface area contributed by atoms with Gasteiger partial charge in [0.15, 0.2) is 9.84 Å². The Hall–Kier alpha value is -1.14. The maximum atomic E-state index is 11.9. The first kappa shape index (κ1) is 12.9. The van der Waals surface area contributed by atoms with Crippen molar-refractivity contribution < 1.29 is 13.2 Å². The van der Waals surface area contributed by atoms with Gasteiger partial charge in [0.2, 0.25) is 0 Å². The number of sulfone groups is 1. The first-order valence-electron chi connectivity index (χ1n) is 4.99. The highest BCUT2D eigenvalue weighted by atomic mass is 32.2. The molecule has 0 fully saturated rings. The molecule has 0 saturated heterocycles. The van der Waals surface area contributed by atoms with Crippen LogP contribution in [-0.4, -0.2) is 32.9 Å². The molecule has 0 saturated carbocycles. The lowest BCUT2D eigenvalue weighted by Gasteiger charge is -2.06. The summed E-state index contributed by atoms with van der Waals surface area (Å²) >= 11 is 0. The Balaban J connectivity index is 2.68. The van der Waals surface area contributed by atoms with Crippen LogP contribution in [0.1, 0.15) is 12.8 Å². The van der Waals surface area contributed by atoms with E-state index in [1.807, 2.05) is 0 Å². The van der Waals surface area contributed by atoms with Crippen molar-refractivity contribution in [1.82, 2.24) is 4.98 Å². The van der Waals surface area contributed by atoms with Crippen LogP contribution in [0.2, 0.25) is 0 Å². The molecular weight excluding hydrogens is 228 g/mol. The monoisotopic (exact) mass is 244 g/mol. The minimum absolute atomic E-state index is 0.0879. The van der Waals surface area contributed by atoms with Gasteiger partial charge in [0.1, 0.15) is 0 Å². The van der Waals surface area contributed by atoms with E-state index >= 15 is 0 Å². The molecule has 0 spiro atoms. The maximum Gasteiger partial charge on any atom is 0.180 e. The number of rotatable bonds is 6. The third-order valence-electron chi connectivity index (χ3n) is 2.16. The number of hydrogen-bond donors (Lipinski definition) is 1. The summed E-state index contributed by atoms with van der Waals surface area (Å²) in [5.74, 6) is 0.0879. The van der Waals surface area contributed by atoms with Crippen LogP contribution in [0.5, 0.6) is 0 Å². The molecule has 5 nitrogen and oxygen atoms in total. The SMILES string of the molecule is COCCCCS(=O)(=O)c1ccncc1N. The number of pyridine rings is 1. The van der Waals surface area contributed by atoms with Gasteiger partial charge in [0, 0.05) is 19.9 Å². The molecule has 1 aromatic rings. The quantitative estimate of drug-likeness (QED) is 0.751. The van der Waals surface area contributed by atoms with Gasteiger partial charge in [0.05, 0.1) is 22.5 Å². The molecule has 2 N–H and O–H groups in total. The van der Waals surface area contributed by atoms with Crippen LogP contribution in [0.25, 0.3) is 0 Å². The van der Waals surface area contributed by atoms with E-state index in [0.717, 1.165) is 6.42 Å². The van der Waals surface area contributed by atoms with Crippen LogP contribution in [0.3, 0.4) is 0 Å². The number of anilines is 1. The van der Waals surface area contributed by atoms with E-state index < -0.39 is 9.84 Å². The van der Waals surface area contributed by atoms with E-state index in [4.69, 9.17) is 10.5 Å². The van der Waals surface area contributed by atoms with Gasteiger partial charge in [-0.1, -0.05) is 0 Å². The van der Waals surface area contributed by atoms with Crippen molar-refractivity contribution in [2.45, 2.75) is 17.7 Å². The molecule has 1 heterocycles. The van der Waals surface area contributed by atoms with Crippen LogP contribution in [0.15, 0.2) is 23.4 Å². The summed E-state index contributed by atoms with van der Waals surface area (Å²) in [7, 11) is -1.70. The van der Waals surface area contributed by atoms with Crippen molar-refractivity contribution in [1.29, 1.82) is 0 Å². The molecule has 0 aromatic carbocycles. The van der Waals surface area contributed by atoms with Crippen LogP contribution < -0.4 is 5.73 Å². The fourth-order valence-corrected chi connectivity index (χ4v) is 2.81. The van der Waals surface area contributed by atoms with Crippen molar-refractivity contribution in [3.05, 3.63) is 18.5 Å². The summed E-state index contributed by atoms with van der Waals surface area (Å²) in [6.45, 7) is 0.571. The zero-order valence-electron chi connectivity index (χ0n) is 9.22. The third kappa shape index (κ3) is 3.46. The van der Waals surface area contributed by atoms with E-state index in [2.05, 4.69) is 4.98 Å². The molecule has 1 aromatic heterocycles. The lowest BCUT2D eigenvalue weighted by Crippen LogP contribution is -2.10. The van der Waals surface area contributed by atoms with E-state index in [9.17, 15) is 8.42 Å². The molecule has 0 aliphatic heterocycles. The lowest BCUT2D eigenvalue weighted by atomic mass is 10.4. The first-order valence-corrected chi connectivity index (χ1v) is 6.64. The molecule has 16 heavy (non-hydrogen) atoms. The van der Waals surface area contributed by atoms with Crippen molar-refractivity contribution >= 4 is 15.5 Å². The Kier molecular flexibility index (Phi) is 4.70. The van der Waals surface area contributed by atoms with E-state index in [0.29, 0.717) is 13.0 Å². The molecule has 0 atom stereocenters. The number of hydrogen-bond acceptors (Lipinski definition) is 5. The van der Waals surface area contributed by atoms with Crippen molar-refractivity contribution in [2.24, 2.45) is 0 Å². The number of nitrogens with zero attached hydrogens (tertiary/aromatic N) is 1. The number of methoxy groups -OCH3 is 1. The van der Waals surface area contributed by atoms with Crippen LogP contribution >= 0.6 is 0 Å². The molecule has 6 heteroatoms. The number of unbranched alkanes of at least 4 members (excludes halogenated alkanes) is 1. The van der Waals surface area contributed by atoms with Crippen molar-refractivity contribution in [3.8, 4) is 0 Å². The maximum absolute atomic E-state index is 11.9. The van der Waals surface area contributed by atoms with Gasteiger partial charge in [0.25, 0.3) is 0 Å². The largest absolute Gasteiger partial charge is 0.396 e. The van der Waals surface area contributed by atoms with Gasteiger partial charge in [-0.15, -0.1) is 0 Å². The predicted octanol–water partition coefficient (Wildman–Crippen LogP) is 0.864. The van der Waals surface area contributed by atoms with Gasteiger partial charge in [-0.3, -0.25) is 4.98 Å². The average Bonchev–Trinajstić information content (AvgIpc) is 2.25.